The van der Waals surface area contributed by atoms with Crippen LogP contribution in [0.2, 0.25) is 0 Å². The van der Waals surface area contributed by atoms with Crippen molar-refractivity contribution < 1.29 is 19.4 Å². The molecule has 1 amide bonds. The van der Waals surface area contributed by atoms with E-state index in [1.54, 1.807) is 42.7 Å². The lowest BCUT2D eigenvalue weighted by Crippen LogP contribution is -2.35. The van der Waals surface area contributed by atoms with Gasteiger partial charge in [0.1, 0.15) is 11.5 Å². The van der Waals surface area contributed by atoms with Crippen molar-refractivity contribution in [1.29, 1.82) is 0 Å². The molecule has 1 saturated heterocycles. The molecular formula is C25H31N3O4. The van der Waals surface area contributed by atoms with Crippen molar-refractivity contribution in [3.8, 4) is 5.75 Å². The van der Waals surface area contributed by atoms with Gasteiger partial charge in [-0.3, -0.25) is 14.6 Å². The molecule has 1 atom stereocenters. The number of hydrogen-bond donors (Lipinski definition) is 1. The van der Waals surface area contributed by atoms with E-state index >= 15 is 0 Å². The van der Waals surface area contributed by atoms with Crippen LogP contribution in [0, 0.1) is 12.8 Å². The van der Waals surface area contributed by atoms with E-state index in [-0.39, 0.29) is 11.3 Å². The fourth-order valence-corrected chi connectivity index (χ4v) is 3.68. The van der Waals surface area contributed by atoms with Crippen LogP contribution in [0.1, 0.15) is 36.6 Å². The highest BCUT2D eigenvalue weighted by Crippen LogP contribution is 2.39. The topological polar surface area (TPSA) is 83.0 Å². The molecule has 170 valence electrons. The molecule has 0 bridgehead atoms. The largest absolute Gasteiger partial charge is 0.507 e. The van der Waals surface area contributed by atoms with Crippen LogP contribution in [-0.4, -0.2) is 65.4 Å². The second-order valence-corrected chi connectivity index (χ2v) is 8.76. The number of likely N-dealkylation sites (N-methyl/N-ethyl adjacent to an activating group) is 1. The van der Waals surface area contributed by atoms with Crippen molar-refractivity contribution >= 4 is 17.4 Å². The summed E-state index contributed by atoms with van der Waals surface area (Å²) in [6, 6.07) is 8.14. The zero-order valence-electron chi connectivity index (χ0n) is 19.3. The molecule has 7 heteroatoms. The van der Waals surface area contributed by atoms with Crippen LogP contribution in [0.3, 0.4) is 0 Å². The third kappa shape index (κ3) is 4.99. The summed E-state index contributed by atoms with van der Waals surface area (Å²) in [6.45, 7) is 7.58. The summed E-state index contributed by atoms with van der Waals surface area (Å²) in [5.74, 6) is -0.353. The maximum atomic E-state index is 13.0. The van der Waals surface area contributed by atoms with E-state index < -0.39 is 17.7 Å². The number of ether oxygens (including phenoxy) is 1. The highest BCUT2D eigenvalue weighted by molar-refractivity contribution is 6.46. The Labute approximate surface area is 189 Å². The molecule has 0 saturated carbocycles. The van der Waals surface area contributed by atoms with Gasteiger partial charge in [-0.2, -0.15) is 0 Å². The van der Waals surface area contributed by atoms with E-state index in [0.29, 0.717) is 31.2 Å². The van der Waals surface area contributed by atoms with Crippen LogP contribution in [-0.2, 0) is 9.59 Å². The third-order valence-electron chi connectivity index (χ3n) is 5.37. The average Bonchev–Trinajstić information content (AvgIpc) is 3.01. The SMILES string of the molecule is Cc1cc(/C(O)=C2\C(=O)C(=O)N(CCN(C)C)[C@H]2c2ccncc2)ccc1OCC(C)C. The maximum absolute atomic E-state index is 13.0. The predicted molar refractivity (Wildman–Crippen MR) is 123 cm³/mol. The molecule has 1 N–H and O–H groups in total. The molecule has 1 aromatic carbocycles. The minimum atomic E-state index is -0.680. The molecule has 1 aromatic heterocycles. The lowest BCUT2D eigenvalue weighted by Gasteiger charge is -2.26. The molecule has 0 unspecified atom stereocenters. The number of nitrogens with zero attached hydrogens (tertiary/aromatic N) is 3. The number of amides is 1. The van der Waals surface area contributed by atoms with Gasteiger partial charge in [-0.05, 0) is 68.4 Å². The van der Waals surface area contributed by atoms with E-state index in [9.17, 15) is 14.7 Å². The van der Waals surface area contributed by atoms with E-state index in [1.165, 1.54) is 4.90 Å². The molecule has 0 radical (unpaired) electrons. The van der Waals surface area contributed by atoms with Crippen LogP contribution in [0.4, 0.5) is 0 Å². The number of aromatic nitrogens is 1. The van der Waals surface area contributed by atoms with Gasteiger partial charge in [0.15, 0.2) is 0 Å². The number of likely N-dealkylation sites (tertiary alicyclic amines) is 1. The first-order chi connectivity index (χ1) is 15.2. The number of carbonyl (C=O) groups is 2. The molecule has 3 rings (SSSR count). The summed E-state index contributed by atoms with van der Waals surface area (Å²) >= 11 is 0. The number of carbonyl (C=O) groups excluding carboxylic acids is 2. The van der Waals surface area contributed by atoms with E-state index in [4.69, 9.17) is 4.74 Å². The van der Waals surface area contributed by atoms with Crippen LogP contribution in [0.25, 0.3) is 5.76 Å². The van der Waals surface area contributed by atoms with Crippen molar-refractivity contribution in [3.05, 3.63) is 65.0 Å². The van der Waals surface area contributed by atoms with Gasteiger partial charge in [-0.15, -0.1) is 0 Å². The van der Waals surface area contributed by atoms with Crippen LogP contribution in [0.5, 0.6) is 5.75 Å². The second-order valence-electron chi connectivity index (χ2n) is 8.76. The lowest BCUT2D eigenvalue weighted by molar-refractivity contribution is -0.140. The van der Waals surface area contributed by atoms with Crippen LogP contribution < -0.4 is 4.74 Å². The smallest absolute Gasteiger partial charge is 0.295 e. The fraction of sp³-hybridized carbons (Fsp3) is 0.400. The van der Waals surface area contributed by atoms with Gasteiger partial charge >= 0.3 is 0 Å². The number of aliphatic hydroxyl groups excluding tert-OH is 1. The summed E-state index contributed by atoms with van der Waals surface area (Å²) in [6.07, 6.45) is 3.23. The van der Waals surface area contributed by atoms with Crippen molar-refractivity contribution in [2.24, 2.45) is 5.92 Å². The van der Waals surface area contributed by atoms with Crippen molar-refractivity contribution in [2.75, 3.05) is 33.8 Å². The van der Waals surface area contributed by atoms with Gasteiger partial charge < -0.3 is 19.6 Å². The van der Waals surface area contributed by atoms with Crippen LogP contribution >= 0.6 is 0 Å². The van der Waals surface area contributed by atoms with Gasteiger partial charge in [0.2, 0.25) is 0 Å². The first kappa shape index (κ1) is 23.5. The Morgan fingerprint density at radius 2 is 1.88 bits per heavy atom. The number of aliphatic hydroxyl groups is 1. The van der Waals surface area contributed by atoms with Gasteiger partial charge in [-0.1, -0.05) is 13.8 Å². The van der Waals surface area contributed by atoms with Crippen molar-refractivity contribution in [1.82, 2.24) is 14.8 Å². The Bertz CT molecular complexity index is 1020. The van der Waals surface area contributed by atoms with E-state index in [1.807, 2.05) is 25.9 Å². The highest BCUT2D eigenvalue weighted by Gasteiger charge is 2.45. The summed E-state index contributed by atoms with van der Waals surface area (Å²) < 4.78 is 5.82. The molecule has 0 spiro atoms. The standard InChI is InChI=1S/C25H31N3O4/c1-16(2)15-32-20-7-6-19(14-17(20)3)23(29)21-22(18-8-10-26-11-9-18)28(13-12-27(4)5)25(31)24(21)30/h6-11,14,16,22,29H,12-13,15H2,1-5H3/b23-21+/t22-/m0/s1. The Kier molecular flexibility index (Phi) is 7.30. The molecule has 1 fully saturated rings. The van der Waals surface area contributed by atoms with Gasteiger partial charge in [0, 0.05) is 31.0 Å². The molecule has 32 heavy (non-hydrogen) atoms. The van der Waals surface area contributed by atoms with Gasteiger partial charge in [-0.25, -0.2) is 0 Å². The Balaban J connectivity index is 2.05. The quantitative estimate of drug-likeness (QED) is 0.387. The van der Waals surface area contributed by atoms with E-state index in [0.717, 1.165) is 16.9 Å². The van der Waals surface area contributed by atoms with Crippen LogP contribution in [0.15, 0.2) is 48.3 Å². The Morgan fingerprint density at radius 1 is 1.19 bits per heavy atom. The molecular weight excluding hydrogens is 406 g/mol. The van der Waals surface area contributed by atoms with Crippen molar-refractivity contribution in [2.45, 2.75) is 26.8 Å². The zero-order chi connectivity index (χ0) is 23.4. The molecule has 1 aliphatic heterocycles. The summed E-state index contributed by atoms with van der Waals surface area (Å²) in [5.41, 5.74) is 2.14. The second kappa shape index (κ2) is 9.96. The first-order valence-electron chi connectivity index (χ1n) is 10.8. The number of Topliss-reactive ketones (excluding diaryl/α,β-unsaturated/α-hetero) is 1. The number of ketones is 1. The monoisotopic (exact) mass is 437 g/mol. The summed E-state index contributed by atoms with van der Waals surface area (Å²) in [5, 5.41) is 11.2. The summed E-state index contributed by atoms with van der Waals surface area (Å²) in [7, 11) is 3.81. The lowest BCUT2D eigenvalue weighted by atomic mass is 9.95. The number of aryl methyl sites for hydroxylation is 1. The third-order valence-corrected chi connectivity index (χ3v) is 5.37. The zero-order valence-corrected chi connectivity index (χ0v) is 19.3. The normalized spacial score (nSPS) is 18.1. The Hall–Kier alpha value is -3.19. The number of benzene rings is 1. The molecule has 2 heterocycles. The van der Waals surface area contributed by atoms with Crippen molar-refractivity contribution in [3.63, 3.8) is 0 Å². The summed E-state index contributed by atoms with van der Waals surface area (Å²) in [4.78, 5) is 33.4. The minimum Gasteiger partial charge on any atom is -0.507 e. The molecule has 1 aliphatic rings. The average molecular weight is 438 g/mol. The number of rotatable bonds is 8. The van der Waals surface area contributed by atoms with Gasteiger partial charge in [0.05, 0.1) is 18.2 Å². The maximum Gasteiger partial charge on any atom is 0.295 e. The molecule has 0 aliphatic carbocycles. The molecule has 2 aromatic rings. The Morgan fingerprint density at radius 3 is 2.47 bits per heavy atom. The predicted octanol–water partition coefficient (Wildman–Crippen LogP) is 3.41. The highest BCUT2D eigenvalue weighted by atomic mass is 16.5. The van der Waals surface area contributed by atoms with E-state index in [2.05, 4.69) is 18.8 Å². The molecule has 7 nitrogen and oxygen atoms in total. The minimum absolute atomic E-state index is 0.0928. The first-order valence-corrected chi connectivity index (χ1v) is 10.8. The fourth-order valence-electron chi connectivity index (χ4n) is 3.68. The number of pyridine rings is 1. The number of hydrogen-bond acceptors (Lipinski definition) is 6. The van der Waals surface area contributed by atoms with Gasteiger partial charge in [0.25, 0.3) is 11.7 Å².